The fraction of sp³-hybridized carbons (Fsp3) is 0.364. The van der Waals surface area contributed by atoms with Crippen LogP contribution < -0.4 is 11.1 Å². The van der Waals surface area contributed by atoms with E-state index in [0.29, 0.717) is 12.2 Å². The zero-order valence-corrected chi connectivity index (χ0v) is 10.3. The van der Waals surface area contributed by atoms with Crippen LogP contribution in [0.5, 0.6) is 0 Å². The summed E-state index contributed by atoms with van der Waals surface area (Å²) in [5, 5.41) is 13.8. The molecule has 0 fully saturated rings. The van der Waals surface area contributed by atoms with E-state index in [0.717, 1.165) is 6.54 Å². The maximum atomic E-state index is 11.0. The number of hydrogen-bond donors (Lipinski definition) is 2. The van der Waals surface area contributed by atoms with Crippen molar-refractivity contribution in [3.63, 3.8) is 0 Å². The lowest BCUT2D eigenvalue weighted by Gasteiger charge is -2.12. The van der Waals surface area contributed by atoms with Gasteiger partial charge in [-0.25, -0.2) is 0 Å². The second-order valence-electron chi connectivity index (χ2n) is 4.08. The minimum Gasteiger partial charge on any atom is -0.378 e. The molecular weight excluding hydrogens is 236 g/mol. The van der Waals surface area contributed by atoms with Crippen LogP contribution >= 0.6 is 0 Å². The van der Waals surface area contributed by atoms with Crippen LogP contribution in [-0.2, 0) is 0 Å². The van der Waals surface area contributed by atoms with Gasteiger partial charge in [-0.1, -0.05) is 0 Å². The minimum absolute atomic E-state index is 0.0706. The number of nitro benzene ring substituents is 1. The summed E-state index contributed by atoms with van der Waals surface area (Å²) in [6.07, 6.45) is 0. The van der Waals surface area contributed by atoms with Gasteiger partial charge >= 0.3 is 0 Å². The number of amides is 1. The van der Waals surface area contributed by atoms with Gasteiger partial charge in [-0.3, -0.25) is 14.9 Å². The van der Waals surface area contributed by atoms with E-state index in [4.69, 9.17) is 5.73 Å². The monoisotopic (exact) mass is 252 g/mol. The Morgan fingerprint density at radius 2 is 2.17 bits per heavy atom. The summed E-state index contributed by atoms with van der Waals surface area (Å²) in [6, 6.07) is 4.02. The average molecular weight is 252 g/mol. The van der Waals surface area contributed by atoms with Gasteiger partial charge in [-0.2, -0.15) is 0 Å². The molecule has 0 bridgehead atoms. The molecule has 0 aliphatic heterocycles. The molecule has 1 rings (SSSR count). The first-order valence-corrected chi connectivity index (χ1v) is 5.38. The maximum Gasteiger partial charge on any atom is 0.292 e. The molecule has 1 amide bonds. The smallest absolute Gasteiger partial charge is 0.292 e. The Bertz CT molecular complexity index is 460. The SMILES string of the molecule is CN(C)CCNc1cc(C(N)=O)ccc1[N+](=O)[O-]. The van der Waals surface area contributed by atoms with Gasteiger partial charge in [0.2, 0.25) is 5.91 Å². The Morgan fingerprint density at radius 3 is 2.67 bits per heavy atom. The standard InChI is InChI=1S/C11H16N4O3/c1-14(2)6-5-13-9-7-8(11(12)16)3-4-10(9)15(17)18/h3-4,7,13H,5-6H2,1-2H3,(H2,12,16). The third kappa shape index (κ3) is 3.70. The Hall–Kier alpha value is -2.15. The molecule has 7 nitrogen and oxygen atoms in total. The molecule has 1 aromatic carbocycles. The summed E-state index contributed by atoms with van der Waals surface area (Å²) in [5.41, 5.74) is 5.62. The van der Waals surface area contributed by atoms with Gasteiger partial charge in [0.25, 0.3) is 5.69 Å². The summed E-state index contributed by atoms with van der Waals surface area (Å²) in [7, 11) is 3.80. The van der Waals surface area contributed by atoms with E-state index in [-0.39, 0.29) is 11.3 Å². The zero-order chi connectivity index (χ0) is 13.7. The Balaban J connectivity index is 2.93. The number of nitrogens with zero attached hydrogens (tertiary/aromatic N) is 2. The first-order chi connectivity index (χ1) is 8.41. The fourth-order valence-electron chi connectivity index (χ4n) is 1.40. The van der Waals surface area contributed by atoms with Crippen molar-refractivity contribution in [2.24, 2.45) is 5.73 Å². The summed E-state index contributed by atoms with van der Waals surface area (Å²) in [5.74, 6) is -0.611. The van der Waals surface area contributed by atoms with Gasteiger partial charge in [-0.15, -0.1) is 0 Å². The summed E-state index contributed by atoms with van der Waals surface area (Å²) in [6.45, 7) is 1.26. The van der Waals surface area contributed by atoms with Gasteiger partial charge in [0, 0.05) is 24.7 Å². The number of benzene rings is 1. The lowest BCUT2D eigenvalue weighted by molar-refractivity contribution is -0.384. The van der Waals surface area contributed by atoms with Gasteiger partial charge in [-0.05, 0) is 26.2 Å². The maximum absolute atomic E-state index is 11.0. The molecule has 0 unspecified atom stereocenters. The van der Waals surface area contributed by atoms with Crippen LogP contribution in [0.2, 0.25) is 0 Å². The van der Waals surface area contributed by atoms with Crippen LogP contribution in [0.3, 0.4) is 0 Å². The van der Waals surface area contributed by atoms with Crippen LogP contribution in [0, 0.1) is 10.1 Å². The number of rotatable bonds is 6. The third-order valence-electron chi connectivity index (χ3n) is 2.35. The largest absolute Gasteiger partial charge is 0.378 e. The lowest BCUT2D eigenvalue weighted by Crippen LogP contribution is -2.21. The molecule has 0 saturated heterocycles. The second kappa shape index (κ2) is 5.97. The summed E-state index contributed by atoms with van der Waals surface area (Å²) < 4.78 is 0. The van der Waals surface area contributed by atoms with Gasteiger partial charge in [0.15, 0.2) is 0 Å². The van der Waals surface area contributed by atoms with Crippen molar-refractivity contribution < 1.29 is 9.72 Å². The van der Waals surface area contributed by atoms with Crippen LogP contribution in [0.1, 0.15) is 10.4 Å². The summed E-state index contributed by atoms with van der Waals surface area (Å²) >= 11 is 0. The molecule has 0 saturated carbocycles. The molecule has 1 aromatic rings. The molecular formula is C11H16N4O3. The fourth-order valence-corrected chi connectivity index (χ4v) is 1.40. The van der Waals surface area contributed by atoms with Gasteiger partial charge in [0.05, 0.1) is 4.92 Å². The number of carbonyl (C=O) groups is 1. The van der Waals surface area contributed by atoms with E-state index >= 15 is 0 Å². The number of nitrogens with one attached hydrogen (secondary N) is 1. The highest BCUT2D eigenvalue weighted by Gasteiger charge is 2.15. The van der Waals surface area contributed by atoms with E-state index in [9.17, 15) is 14.9 Å². The second-order valence-corrected chi connectivity index (χ2v) is 4.08. The van der Waals surface area contributed by atoms with Gasteiger partial charge < -0.3 is 16.0 Å². The van der Waals surface area contributed by atoms with Crippen molar-refractivity contribution in [3.8, 4) is 0 Å². The predicted molar refractivity (Wildman–Crippen MR) is 68.7 cm³/mol. The summed E-state index contributed by atoms with van der Waals surface area (Å²) in [4.78, 5) is 23.3. The van der Waals surface area contributed by atoms with Gasteiger partial charge in [0.1, 0.15) is 5.69 Å². The van der Waals surface area contributed by atoms with Crippen molar-refractivity contribution >= 4 is 17.3 Å². The van der Waals surface area contributed by atoms with Crippen LogP contribution in [0.4, 0.5) is 11.4 Å². The molecule has 0 aliphatic carbocycles. The molecule has 0 spiro atoms. The number of primary amides is 1. The molecule has 7 heteroatoms. The molecule has 18 heavy (non-hydrogen) atoms. The number of carbonyl (C=O) groups excluding carboxylic acids is 1. The third-order valence-corrected chi connectivity index (χ3v) is 2.35. The normalized spacial score (nSPS) is 10.4. The highest BCUT2D eigenvalue weighted by molar-refractivity contribution is 5.94. The molecule has 0 heterocycles. The average Bonchev–Trinajstić information content (AvgIpc) is 2.27. The number of hydrogen-bond acceptors (Lipinski definition) is 5. The Labute approximate surface area is 105 Å². The zero-order valence-electron chi connectivity index (χ0n) is 10.3. The van der Waals surface area contributed by atoms with E-state index in [2.05, 4.69) is 5.32 Å². The Morgan fingerprint density at radius 1 is 1.50 bits per heavy atom. The van der Waals surface area contributed by atoms with Crippen molar-refractivity contribution in [3.05, 3.63) is 33.9 Å². The van der Waals surface area contributed by atoms with Crippen LogP contribution in [0.15, 0.2) is 18.2 Å². The molecule has 98 valence electrons. The molecule has 0 radical (unpaired) electrons. The molecule has 3 N–H and O–H groups in total. The highest BCUT2D eigenvalue weighted by Crippen LogP contribution is 2.25. The molecule has 0 aromatic heterocycles. The van der Waals surface area contributed by atoms with E-state index in [1.165, 1.54) is 18.2 Å². The van der Waals surface area contributed by atoms with E-state index in [1.54, 1.807) is 0 Å². The molecule has 0 atom stereocenters. The number of anilines is 1. The number of likely N-dealkylation sites (N-methyl/N-ethyl adjacent to an activating group) is 1. The first kappa shape index (κ1) is 13.9. The van der Waals surface area contributed by atoms with E-state index < -0.39 is 10.8 Å². The molecule has 0 aliphatic rings. The predicted octanol–water partition coefficient (Wildman–Crippen LogP) is 0.667. The van der Waals surface area contributed by atoms with Crippen molar-refractivity contribution in [1.29, 1.82) is 0 Å². The quantitative estimate of drug-likeness (QED) is 0.572. The van der Waals surface area contributed by atoms with Crippen molar-refractivity contribution in [2.75, 3.05) is 32.5 Å². The Kier molecular flexibility index (Phi) is 4.61. The first-order valence-electron chi connectivity index (χ1n) is 5.38. The highest BCUT2D eigenvalue weighted by atomic mass is 16.6. The van der Waals surface area contributed by atoms with Crippen LogP contribution in [0.25, 0.3) is 0 Å². The number of nitro groups is 1. The van der Waals surface area contributed by atoms with Crippen molar-refractivity contribution in [2.45, 2.75) is 0 Å². The van der Waals surface area contributed by atoms with Crippen molar-refractivity contribution in [1.82, 2.24) is 4.90 Å². The van der Waals surface area contributed by atoms with E-state index in [1.807, 2.05) is 19.0 Å². The minimum atomic E-state index is -0.611. The lowest BCUT2D eigenvalue weighted by atomic mass is 10.1. The van der Waals surface area contributed by atoms with Crippen LogP contribution in [-0.4, -0.2) is 42.9 Å². The number of nitrogens with two attached hydrogens (primary N) is 1. The topological polar surface area (TPSA) is 102 Å².